The Kier molecular flexibility index (Phi) is 12.9. The zero-order valence-electron chi connectivity index (χ0n) is 51.9. The molecule has 0 N–H and O–H groups in total. The van der Waals surface area contributed by atoms with Crippen LogP contribution < -0.4 is 31.1 Å². The molecule has 0 saturated heterocycles. The summed E-state index contributed by atoms with van der Waals surface area (Å²) >= 11 is 0. The molecule has 87 heavy (non-hydrogen) atoms. The minimum Gasteiger partial charge on any atom is -0.456 e. The lowest BCUT2D eigenvalue weighted by Crippen LogP contribution is -2.61. The Morgan fingerprint density at radius 2 is 0.851 bits per heavy atom. The Hall–Kier alpha value is -7.76. The number of hydrogen-bond acceptors (Lipinski definition) is 4. The molecule has 7 aliphatic rings. The molecule has 4 nitrogen and oxygen atoms in total. The molecule has 5 aliphatic carbocycles. The normalized spacial score (nSPS) is 18.1. The fourth-order valence-corrected chi connectivity index (χ4v) is 17.4. The summed E-state index contributed by atoms with van der Waals surface area (Å²) in [5.74, 6) is 0.901. The van der Waals surface area contributed by atoms with Gasteiger partial charge in [-0.05, 0) is 300 Å². The average molecular weight is 1140 g/mol. The molecule has 0 radical (unpaired) electrons. The van der Waals surface area contributed by atoms with Crippen LogP contribution in [0.5, 0.6) is 0 Å². The molecule has 0 amide bonds. The highest BCUT2D eigenvalue weighted by Crippen LogP contribution is 2.53. The summed E-state index contributed by atoms with van der Waals surface area (Å²) in [6.45, 7) is 9.97. The summed E-state index contributed by atoms with van der Waals surface area (Å²) in [5, 5.41) is 3.53. The summed E-state index contributed by atoms with van der Waals surface area (Å²) in [4.78, 5) is 8.22. The van der Waals surface area contributed by atoms with Crippen LogP contribution in [-0.2, 0) is 62.2 Å². The van der Waals surface area contributed by atoms with Crippen molar-refractivity contribution in [1.29, 1.82) is 0 Å². The zero-order chi connectivity index (χ0) is 58.1. The Bertz CT molecular complexity index is 4230. The SMILES string of the molecule is CC1(C)CCC(C)(C)c2cc(N(c3cc4c5c(c3)N(c3ccc6c(c3)CCCCC6)c3cc6c(cc3B5c3cc5c(cc3N4c3ccc4c(c3)CCCCC4)CCCCC5)CCCCC6)c3ccc4cc(-c5cc6ccccc6o5)ccc4c3)ccc21. The van der Waals surface area contributed by atoms with Gasteiger partial charge in [0.2, 0.25) is 0 Å². The van der Waals surface area contributed by atoms with Gasteiger partial charge in [0, 0.05) is 56.4 Å². The molecule has 10 aromatic rings. The predicted molar refractivity (Wildman–Crippen MR) is 368 cm³/mol. The first kappa shape index (κ1) is 53.5. The minimum absolute atomic E-state index is 0.0196. The van der Waals surface area contributed by atoms with Gasteiger partial charge >= 0.3 is 0 Å². The third-order valence-electron chi connectivity index (χ3n) is 22.3. The average Bonchev–Trinajstić information content (AvgIpc) is 0.936. The second-order valence-electron chi connectivity index (χ2n) is 28.7. The van der Waals surface area contributed by atoms with E-state index in [2.05, 4.69) is 200 Å². The second-order valence-corrected chi connectivity index (χ2v) is 28.7. The van der Waals surface area contributed by atoms with Crippen molar-refractivity contribution < 1.29 is 4.42 Å². The summed E-state index contributed by atoms with van der Waals surface area (Å²) in [6.07, 6.45) is 26.8. The van der Waals surface area contributed by atoms with Gasteiger partial charge in [0.15, 0.2) is 0 Å². The lowest BCUT2D eigenvalue weighted by molar-refractivity contribution is 0.332. The first-order chi connectivity index (χ1) is 42.6. The molecule has 17 rings (SSSR count). The maximum atomic E-state index is 6.48. The smallest absolute Gasteiger partial charge is 0.252 e. The molecule has 0 saturated carbocycles. The maximum Gasteiger partial charge on any atom is 0.252 e. The van der Waals surface area contributed by atoms with E-state index < -0.39 is 0 Å². The van der Waals surface area contributed by atoms with E-state index in [0.29, 0.717) is 0 Å². The minimum atomic E-state index is 0.0196. The van der Waals surface area contributed by atoms with Crippen LogP contribution in [0.25, 0.3) is 33.1 Å². The largest absolute Gasteiger partial charge is 0.456 e. The van der Waals surface area contributed by atoms with E-state index in [1.165, 1.54) is 191 Å². The van der Waals surface area contributed by atoms with Crippen molar-refractivity contribution in [2.45, 2.75) is 180 Å². The fourth-order valence-electron chi connectivity index (χ4n) is 17.4. The van der Waals surface area contributed by atoms with Crippen LogP contribution in [0.3, 0.4) is 0 Å². The molecule has 1 aromatic heterocycles. The van der Waals surface area contributed by atoms with E-state index in [4.69, 9.17) is 4.42 Å². The van der Waals surface area contributed by atoms with Gasteiger partial charge in [-0.25, -0.2) is 0 Å². The third kappa shape index (κ3) is 9.13. The Balaban J connectivity index is 0.961. The Labute approximate surface area is 516 Å². The van der Waals surface area contributed by atoms with Gasteiger partial charge in [0.1, 0.15) is 11.3 Å². The van der Waals surface area contributed by atoms with Crippen molar-refractivity contribution in [3.8, 4) is 11.3 Å². The highest BCUT2D eigenvalue weighted by atomic mass is 16.3. The van der Waals surface area contributed by atoms with Gasteiger partial charge in [-0.15, -0.1) is 0 Å². The van der Waals surface area contributed by atoms with Crippen molar-refractivity contribution in [3.05, 3.63) is 213 Å². The van der Waals surface area contributed by atoms with Crippen molar-refractivity contribution in [3.63, 3.8) is 0 Å². The zero-order valence-corrected chi connectivity index (χ0v) is 51.9. The van der Waals surface area contributed by atoms with Crippen LogP contribution in [0.4, 0.5) is 51.2 Å². The maximum absolute atomic E-state index is 6.48. The molecule has 9 aromatic carbocycles. The molecule has 0 unspecified atom stereocenters. The standard InChI is InChI=1S/C82H82BN3O/c1-81(2)39-40-82(3,4)71-50-68(37-38-70(71)81)84(65-36-33-61-41-64(30-29-62(61)44-65)79-49-63-27-17-18-28-78(63)87-79)69-51-76-80-77(52-69)86(67-35-32-54-20-10-6-12-22-56(54)43-67)75-48-60-26-16-8-14-24-58(60)46-73(75)83(80)72-45-57-23-13-7-15-25-59(57)47-74(72)85(76)66-34-31-53-19-9-5-11-21-55(53)42-66/h17-18,27-38,41-52H,5-16,19-26,39-40H2,1-4H3. The van der Waals surface area contributed by atoms with Crippen molar-refractivity contribution in [2.24, 2.45) is 0 Å². The van der Waals surface area contributed by atoms with Crippen LogP contribution in [0, 0.1) is 0 Å². The van der Waals surface area contributed by atoms with Gasteiger partial charge in [-0.3, -0.25) is 0 Å². The summed E-state index contributed by atoms with van der Waals surface area (Å²) in [7, 11) is 0. The highest BCUT2D eigenvalue weighted by Gasteiger charge is 2.46. The highest BCUT2D eigenvalue weighted by molar-refractivity contribution is 7.00. The van der Waals surface area contributed by atoms with E-state index in [1.807, 2.05) is 0 Å². The molecular weight excluding hydrogens is 1050 g/mol. The number of rotatable bonds is 6. The summed E-state index contributed by atoms with van der Waals surface area (Å²) in [5.41, 5.74) is 33.4. The third-order valence-corrected chi connectivity index (χ3v) is 22.3. The lowest BCUT2D eigenvalue weighted by atomic mass is 9.33. The van der Waals surface area contributed by atoms with E-state index in [-0.39, 0.29) is 17.5 Å². The summed E-state index contributed by atoms with van der Waals surface area (Å²) in [6, 6.07) is 63.7. The van der Waals surface area contributed by atoms with Gasteiger partial charge in [-0.2, -0.15) is 0 Å². The van der Waals surface area contributed by atoms with E-state index in [0.717, 1.165) is 72.9 Å². The Morgan fingerprint density at radius 3 is 1.43 bits per heavy atom. The van der Waals surface area contributed by atoms with E-state index >= 15 is 0 Å². The van der Waals surface area contributed by atoms with Crippen LogP contribution in [-0.4, -0.2) is 6.71 Å². The topological polar surface area (TPSA) is 22.9 Å². The molecular formula is C82H82BN3O. The lowest BCUT2D eigenvalue weighted by Gasteiger charge is -2.46. The van der Waals surface area contributed by atoms with Gasteiger partial charge in [0.25, 0.3) is 6.71 Å². The molecule has 0 atom stereocenters. The van der Waals surface area contributed by atoms with Crippen molar-refractivity contribution in [1.82, 2.24) is 0 Å². The number of fused-ring (bicyclic) bond motifs is 11. The molecule has 5 heteroatoms. The number of furan rings is 1. The number of nitrogens with zero attached hydrogens (tertiary/aromatic N) is 3. The van der Waals surface area contributed by atoms with Gasteiger partial charge in [-0.1, -0.05) is 120 Å². The van der Waals surface area contributed by atoms with Crippen LogP contribution in [0.2, 0.25) is 0 Å². The van der Waals surface area contributed by atoms with Crippen molar-refractivity contribution in [2.75, 3.05) is 14.7 Å². The van der Waals surface area contributed by atoms with Gasteiger partial charge < -0.3 is 19.1 Å². The van der Waals surface area contributed by atoms with Crippen LogP contribution >= 0.6 is 0 Å². The summed E-state index contributed by atoms with van der Waals surface area (Å²) < 4.78 is 6.48. The van der Waals surface area contributed by atoms with Crippen LogP contribution in [0.15, 0.2) is 162 Å². The predicted octanol–water partition coefficient (Wildman–Crippen LogP) is 20.2. The monoisotopic (exact) mass is 1140 g/mol. The molecule has 0 spiro atoms. The second kappa shape index (κ2) is 21.0. The van der Waals surface area contributed by atoms with Gasteiger partial charge in [0.05, 0.1) is 5.69 Å². The molecule has 0 fully saturated rings. The molecule has 0 bridgehead atoms. The number of aryl methyl sites for hydroxylation is 8. The Morgan fingerprint density at radius 1 is 0.368 bits per heavy atom. The number of anilines is 9. The molecule has 3 heterocycles. The first-order valence-corrected chi connectivity index (χ1v) is 33.9. The van der Waals surface area contributed by atoms with E-state index in [9.17, 15) is 0 Å². The first-order valence-electron chi connectivity index (χ1n) is 33.9. The van der Waals surface area contributed by atoms with Crippen LogP contribution in [0.1, 0.15) is 173 Å². The van der Waals surface area contributed by atoms with Crippen molar-refractivity contribution >= 4 is 96.0 Å². The number of hydrogen-bond donors (Lipinski definition) is 0. The quantitative estimate of drug-likeness (QED) is 0.122. The number of para-hydroxylation sites is 1. The molecule has 2 aliphatic heterocycles. The number of benzene rings is 9. The molecule has 434 valence electrons. The fraction of sp³-hybridized carbons (Fsp3) is 0.341. The van der Waals surface area contributed by atoms with E-state index in [1.54, 1.807) is 33.4 Å².